The lowest BCUT2D eigenvalue weighted by atomic mass is 9.71. The largest absolute Gasteiger partial charge is 0.346 e. The molecule has 108 valence electrons. The molecule has 0 spiro atoms. The van der Waals surface area contributed by atoms with Crippen LogP contribution in [0.2, 0.25) is 0 Å². The number of carbonyl (C=O) groups is 1. The molecule has 2 fully saturated rings. The zero-order valence-corrected chi connectivity index (χ0v) is 13.4. The third kappa shape index (κ3) is 2.51. The number of benzene rings is 1. The van der Waals surface area contributed by atoms with Gasteiger partial charge in [-0.15, -0.1) is 0 Å². The van der Waals surface area contributed by atoms with E-state index in [-0.39, 0.29) is 17.4 Å². The van der Waals surface area contributed by atoms with Crippen molar-refractivity contribution in [2.45, 2.75) is 31.7 Å². The number of amides is 1. The molecule has 1 saturated carbocycles. The van der Waals surface area contributed by atoms with Gasteiger partial charge in [0.1, 0.15) is 0 Å². The fourth-order valence-corrected chi connectivity index (χ4v) is 3.43. The molecule has 1 aliphatic heterocycles. The smallest absolute Gasteiger partial charge is 0.223 e. The van der Waals surface area contributed by atoms with Crippen molar-refractivity contribution in [3.05, 3.63) is 34.3 Å². The van der Waals surface area contributed by atoms with E-state index in [1.807, 2.05) is 19.1 Å². The molecule has 4 heteroatoms. The van der Waals surface area contributed by atoms with Crippen molar-refractivity contribution in [3.63, 3.8) is 0 Å². The van der Waals surface area contributed by atoms with E-state index in [2.05, 4.69) is 38.7 Å². The molecule has 1 amide bonds. The summed E-state index contributed by atoms with van der Waals surface area (Å²) in [4.78, 5) is 12.5. The molecular formula is C16H21BrN2O. The van der Waals surface area contributed by atoms with E-state index < -0.39 is 0 Å². The molecule has 1 heterocycles. The van der Waals surface area contributed by atoms with Crippen LogP contribution in [0.25, 0.3) is 0 Å². The van der Waals surface area contributed by atoms with Gasteiger partial charge in [-0.05, 0) is 56.0 Å². The first-order chi connectivity index (χ1) is 9.61. The highest BCUT2D eigenvalue weighted by Gasteiger charge is 2.42. The first-order valence-corrected chi connectivity index (χ1v) is 8.19. The molecule has 1 aliphatic carbocycles. The Morgan fingerprint density at radius 2 is 2.20 bits per heavy atom. The Balaban J connectivity index is 1.74. The molecule has 1 aromatic carbocycles. The van der Waals surface area contributed by atoms with E-state index in [4.69, 9.17) is 0 Å². The van der Waals surface area contributed by atoms with Gasteiger partial charge in [-0.2, -0.15) is 0 Å². The Kier molecular flexibility index (Phi) is 3.87. The predicted octanol–water partition coefficient (Wildman–Crippen LogP) is 2.80. The van der Waals surface area contributed by atoms with Gasteiger partial charge in [-0.25, -0.2) is 0 Å². The highest BCUT2D eigenvalue weighted by atomic mass is 79.9. The Morgan fingerprint density at radius 3 is 2.70 bits per heavy atom. The van der Waals surface area contributed by atoms with Crippen LogP contribution in [0.1, 0.15) is 31.7 Å². The van der Waals surface area contributed by atoms with Crippen LogP contribution in [0.3, 0.4) is 0 Å². The van der Waals surface area contributed by atoms with Gasteiger partial charge in [0, 0.05) is 10.4 Å². The van der Waals surface area contributed by atoms with Gasteiger partial charge in [-0.3, -0.25) is 4.79 Å². The molecule has 0 aromatic heterocycles. The van der Waals surface area contributed by atoms with Crippen molar-refractivity contribution in [1.29, 1.82) is 0 Å². The van der Waals surface area contributed by atoms with E-state index >= 15 is 0 Å². The molecule has 1 atom stereocenters. The van der Waals surface area contributed by atoms with Crippen molar-refractivity contribution in [2.24, 2.45) is 11.8 Å². The van der Waals surface area contributed by atoms with Crippen molar-refractivity contribution in [2.75, 3.05) is 13.1 Å². The molecule has 0 bridgehead atoms. The summed E-state index contributed by atoms with van der Waals surface area (Å²) in [5, 5.41) is 6.58. The fraction of sp³-hybridized carbons (Fsp3) is 0.562. The van der Waals surface area contributed by atoms with Crippen LogP contribution in [0.15, 0.2) is 28.7 Å². The van der Waals surface area contributed by atoms with Crippen molar-refractivity contribution in [1.82, 2.24) is 10.6 Å². The molecule has 2 aliphatic rings. The number of rotatable bonds is 4. The van der Waals surface area contributed by atoms with Gasteiger partial charge >= 0.3 is 0 Å². The molecule has 20 heavy (non-hydrogen) atoms. The third-order valence-electron chi connectivity index (χ3n) is 4.88. The number of hydrogen-bond donors (Lipinski definition) is 2. The van der Waals surface area contributed by atoms with Crippen molar-refractivity contribution in [3.8, 4) is 0 Å². The van der Waals surface area contributed by atoms with E-state index in [0.29, 0.717) is 5.92 Å². The number of nitrogens with one attached hydrogen (secondary N) is 2. The average molecular weight is 337 g/mol. The molecule has 0 radical (unpaired) electrons. The summed E-state index contributed by atoms with van der Waals surface area (Å²) in [6, 6.07) is 8.33. The minimum absolute atomic E-state index is 0.0980. The fourth-order valence-electron chi connectivity index (χ4n) is 3.03. The second-order valence-corrected chi connectivity index (χ2v) is 7.06. The Bertz CT molecular complexity index is 509. The first kappa shape index (κ1) is 14.1. The van der Waals surface area contributed by atoms with Crippen molar-refractivity contribution >= 4 is 21.8 Å². The van der Waals surface area contributed by atoms with Crippen LogP contribution in [0.4, 0.5) is 0 Å². The van der Waals surface area contributed by atoms with Crippen LogP contribution >= 0.6 is 15.9 Å². The molecule has 2 N–H and O–H groups in total. The van der Waals surface area contributed by atoms with Crippen molar-refractivity contribution < 1.29 is 4.79 Å². The highest BCUT2D eigenvalue weighted by molar-refractivity contribution is 9.10. The average Bonchev–Trinajstić information content (AvgIpc) is 2.31. The summed E-state index contributed by atoms with van der Waals surface area (Å²) >= 11 is 3.53. The standard InChI is InChI=1S/C16H21BrN2O/c1-11(12-9-18-10-12)15(20)19-16(6-3-7-16)13-4-2-5-14(17)8-13/h2,4-5,8,11-12,18H,3,6-7,9-10H2,1H3,(H,19,20). The number of halogens is 1. The second-order valence-electron chi connectivity index (χ2n) is 6.14. The minimum atomic E-state index is -0.133. The SMILES string of the molecule is CC(C(=O)NC1(c2cccc(Br)c2)CCC1)C1CNC1. The minimum Gasteiger partial charge on any atom is -0.346 e. The van der Waals surface area contributed by atoms with E-state index in [1.165, 1.54) is 12.0 Å². The van der Waals surface area contributed by atoms with Crippen LogP contribution in [-0.4, -0.2) is 19.0 Å². The van der Waals surface area contributed by atoms with Gasteiger partial charge in [-0.1, -0.05) is 35.0 Å². The lowest BCUT2D eigenvalue weighted by Gasteiger charge is -2.44. The van der Waals surface area contributed by atoms with E-state index in [0.717, 1.165) is 30.4 Å². The summed E-state index contributed by atoms with van der Waals surface area (Å²) in [6.45, 7) is 3.99. The predicted molar refractivity (Wildman–Crippen MR) is 83.3 cm³/mol. The Labute approximate surface area is 128 Å². The van der Waals surface area contributed by atoms with Crippen LogP contribution in [0, 0.1) is 11.8 Å². The second kappa shape index (κ2) is 5.49. The molecule has 3 rings (SSSR count). The van der Waals surface area contributed by atoms with Crippen LogP contribution < -0.4 is 10.6 Å². The zero-order valence-electron chi connectivity index (χ0n) is 11.8. The van der Waals surface area contributed by atoms with Gasteiger partial charge < -0.3 is 10.6 Å². The number of carbonyl (C=O) groups excluding carboxylic acids is 1. The lowest BCUT2D eigenvalue weighted by molar-refractivity contribution is -0.130. The summed E-state index contributed by atoms with van der Waals surface area (Å²) in [6.07, 6.45) is 3.28. The highest BCUT2D eigenvalue weighted by Crippen LogP contribution is 2.42. The molecule has 3 nitrogen and oxygen atoms in total. The molecule has 1 saturated heterocycles. The van der Waals surface area contributed by atoms with Gasteiger partial charge in [0.2, 0.25) is 5.91 Å². The van der Waals surface area contributed by atoms with Crippen LogP contribution in [-0.2, 0) is 10.3 Å². The molecular weight excluding hydrogens is 316 g/mol. The van der Waals surface area contributed by atoms with Crippen LogP contribution in [0.5, 0.6) is 0 Å². The monoisotopic (exact) mass is 336 g/mol. The summed E-state index contributed by atoms with van der Waals surface area (Å²) in [5.74, 6) is 0.798. The van der Waals surface area contributed by atoms with E-state index in [9.17, 15) is 4.79 Å². The Morgan fingerprint density at radius 1 is 1.45 bits per heavy atom. The third-order valence-corrected chi connectivity index (χ3v) is 5.37. The summed E-state index contributed by atoms with van der Waals surface area (Å²) in [5.41, 5.74) is 1.09. The molecule has 1 aromatic rings. The van der Waals surface area contributed by atoms with Gasteiger partial charge in [0.05, 0.1) is 5.54 Å². The maximum Gasteiger partial charge on any atom is 0.223 e. The van der Waals surface area contributed by atoms with Gasteiger partial charge in [0.15, 0.2) is 0 Å². The zero-order chi connectivity index (χ0) is 14.2. The normalized spacial score (nSPS) is 22.5. The quantitative estimate of drug-likeness (QED) is 0.887. The molecule has 1 unspecified atom stereocenters. The number of hydrogen-bond acceptors (Lipinski definition) is 2. The first-order valence-electron chi connectivity index (χ1n) is 7.39. The summed E-state index contributed by atoms with van der Waals surface area (Å²) in [7, 11) is 0. The Hall–Kier alpha value is -0.870. The lowest BCUT2D eigenvalue weighted by Crippen LogP contribution is -2.56. The summed E-state index contributed by atoms with van der Waals surface area (Å²) < 4.78 is 1.08. The maximum atomic E-state index is 12.5. The van der Waals surface area contributed by atoms with E-state index in [1.54, 1.807) is 0 Å². The topological polar surface area (TPSA) is 41.1 Å². The maximum absolute atomic E-state index is 12.5. The van der Waals surface area contributed by atoms with Gasteiger partial charge in [0.25, 0.3) is 0 Å².